The first kappa shape index (κ1) is 9.61. The Hall–Kier alpha value is -1.60. The minimum atomic E-state index is 0.253. The van der Waals surface area contributed by atoms with Crippen molar-refractivity contribution < 1.29 is 4.74 Å². The number of rotatable bonds is 2. The van der Waals surface area contributed by atoms with Gasteiger partial charge in [-0.3, -0.25) is 0 Å². The summed E-state index contributed by atoms with van der Waals surface area (Å²) in [4.78, 5) is 0. The van der Waals surface area contributed by atoms with Crippen LogP contribution in [-0.2, 0) is 4.74 Å². The molecule has 0 amide bonds. The fourth-order valence-corrected chi connectivity index (χ4v) is 2.02. The van der Waals surface area contributed by atoms with Gasteiger partial charge in [-0.25, -0.2) is 0 Å². The Bertz CT molecular complexity index is 473. The van der Waals surface area contributed by atoms with Crippen LogP contribution in [0.3, 0.4) is 0 Å². The largest absolute Gasteiger partial charge is 0.359 e. The van der Waals surface area contributed by atoms with Crippen molar-refractivity contribution in [3.63, 3.8) is 0 Å². The smallest absolute Gasteiger partial charge is 0.114 e. The summed E-state index contributed by atoms with van der Waals surface area (Å²) in [6.45, 7) is 2.10. The number of hydrogen-bond acceptors (Lipinski definition) is 1. The van der Waals surface area contributed by atoms with E-state index in [4.69, 9.17) is 4.74 Å². The van der Waals surface area contributed by atoms with Gasteiger partial charge in [-0.1, -0.05) is 60.2 Å². The lowest BCUT2D eigenvalue weighted by atomic mass is 10.0. The van der Waals surface area contributed by atoms with E-state index in [2.05, 4.69) is 55.5 Å². The number of hydrogen-bond donors (Lipinski definition) is 0. The Morgan fingerprint density at radius 1 is 0.750 bits per heavy atom. The molecule has 0 aliphatic carbocycles. The van der Waals surface area contributed by atoms with Crippen LogP contribution in [0.1, 0.15) is 28.9 Å². The molecule has 16 heavy (non-hydrogen) atoms. The van der Waals surface area contributed by atoms with E-state index in [1.807, 2.05) is 6.07 Å². The Labute approximate surface area is 95.7 Å². The standard InChI is InChI=1S/C15H14O/c1-11-7-9-13(10-8-11)15-14(16-15)12-5-3-2-4-6-12/h2-10,14-15H,1H3/t14-,15-/m0/s1. The fraction of sp³-hybridized carbons (Fsp3) is 0.200. The molecule has 1 aliphatic heterocycles. The number of benzene rings is 2. The third-order valence-corrected chi connectivity index (χ3v) is 3.03. The van der Waals surface area contributed by atoms with Crippen LogP contribution in [0.15, 0.2) is 54.6 Å². The average molecular weight is 210 g/mol. The molecule has 1 nitrogen and oxygen atoms in total. The van der Waals surface area contributed by atoms with Crippen LogP contribution in [0, 0.1) is 6.92 Å². The van der Waals surface area contributed by atoms with Gasteiger partial charge in [0.25, 0.3) is 0 Å². The van der Waals surface area contributed by atoms with Crippen LogP contribution in [0.2, 0.25) is 0 Å². The molecule has 2 aromatic rings. The fourth-order valence-electron chi connectivity index (χ4n) is 2.02. The molecular formula is C15H14O. The second-order valence-corrected chi connectivity index (χ2v) is 4.30. The lowest BCUT2D eigenvalue weighted by Gasteiger charge is -1.97. The minimum absolute atomic E-state index is 0.253. The summed E-state index contributed by atoms with van der Waals surface area (Å²) >= 11 is 0. The molecule has 1 aliphatic rings. The zero-order chi connectivity index (χ0) is 11.0. The maximum atomic E-state index is 5.73. The Balaban J connectivity index is 1.79. The van der Waals surface area contributed by atoms with Crippen LogP contribution in [0.25, 0.3) is 0 Å². The van der Waals surface area contributed by atoms with Gasteiger partial charge >= 0.3 is 0 Å². The van der Waals surface area contributed by atoms with Gasteiger partial charge in [0.15, 0.2) is 0 Å². The SMILES string of the molecule is Cc1ccc([C@@H]2O[C@H]2c2ccccc2)cc1. The molecular weight excluding hydrogens is 196 g/mol. The van der Waals surface area contributed by atoms with Crippen molar-refractivity contribution in [3.05, 3.63) is 71.3 Å². The van der Waals surface area contributed by atoms with Crippen molar-refractivity contribution in [2.24, 2.45) is 0 Å². The lowest BCUT2D eigenvalue weighted by molar-refractivity contribution is 0.377. The quantitative estimate of drug-likeness (QED) is 0.687. The molecule has 2 aromatic carbocycles. The predicted octanol–water partition coefficient (Wildman–Crippen LogP) is 3.81. The van der Waals surface area contributed by atoms with Gasteiger partial charge in [0, 0.05) is 0 Å². The first-order chi connectivity index (χ1) is 7.84. The van der Waals surface area contributed by atoms with Crippen molar-refractivity contribution >= 4 is 0 Å². The topological polar surface area (TPSA) is 12.5 Å². The average Bonchev–Trinajstić information content (AvgIpc) is 3.11. The highest BCUT2D eigenvalue weighted by Gasteiger charge is 2.40. The molecule has 1 fully saturated rings. The summed E-state index contributed by atoms with van der Waals surface area (Å²) in [6, 6.07) is 19.0. The summed E-state index contributed by atoms with van der Waals surface area (Å²) in [5, 5.41) is 0. The van der Waals surface area contributed by atoms with Gasteiger partial charge in [-0.15, -0.1) is 0 Å². The number of aryl methyl sites for hydroxylation is 1. The van der Waals surface area contributed by atoms with E-state index in [-0.39, 0.29) is 12.2 Å². The monoisotopic (exact) mass is 210 g/mol. The van der Waals surface area contributed by atoms with Crippen LogP contribution in [0.5, 0.6) is 0 Å². The molecule has 0 spiro atoms. The maximum Gasteiger partial charge on any atom is 0.114 e. The zero-order valence-corrected chi connectivity index (χ0v) is 9.26. The van der Waals surface area contributed by atoms with Crippen LogP contribution in [0.4, 0.5) is 0 Å². The van der Waals surface area contributed by atoms with Crippen molar-refractivity contribution in [1.82, 2.24) is 0 Å². The van der Waals surface area contributed by atoms with E-state index in [1.165, 1.54) is 16.7 Å². The highest BCUT2D eigenvalue weighted by atomic mass is 16.6. The molecule has 0 saturated carbocycles. The van der Waals surface area contributed by atoms with Crippen molar-refractivity contribution in [1.29, 1.82) is 0 Å². The van der Waals surface area contributed by atoms with E-state index in [0.29, 0.717) is 0 Å². The third kappa shape index (κ3) is 1.74. The van der Waals surface area contributed by atoms with Gasteiger partial charge in [-0.2, -0.15) is 0 Å². The summed E-state index contributed by atoms with van der Waals surface area (Å²) in [6.07, 6.45) is 0.506. The molecule has 0 bridgehead atoms. The van der Waals surface area contributed by atoms with Crippen LogP contribution >= 0.6 is 0 Å². The van der Waals surface area contributed by atoms with Gasteiger partial charge in [0.05, 0.1) is 0 Å². The Morgan fingerprint density at radius 3 is 1.94 bits per heavy atom. The van der Waals surface area contributed by atoms with Crippen LogP contribution < -0.4 is 0 Å². The molecule has 1 heterocycles. The second-order valence-electron chi connectivity index (χ2n) is 4.30. The zero-order valence-electron chi connectivity index (χ0n) is 9.26. The van der Waals surface area contributed by atoms with E-state index < -0.39 is 0 Å². The molecule has 0 aromatic heterocycles. The van der Waals surface area contributed by atoms with Crippen LogP contribution in [-0.4, -0.2) is 0 Å². The molecule has 1 heteroatoms. The van der Waals surface area contributed by atoms with E-state index in [9.17, 15) is 0 Å². The third-order valence-electron chi connectivity index (χ3n) is 3.03. The minimum Gasteiger partial charge on any atom is -0.359 e. The molecule has 0 N–H and O–H groups in total. The first-order valence-electron chi connectivity index (χ1n) is 5.61. The Morgan fingerprint density at radius 2 is 1.31 bits per heavy atom. The molecule has 0 unspecified atom stereocenters. The lowest BCUT2D eigenvalue weighted by Crippen LogP contribution is -1.84. The summed E-state index contributed by atoms with van der Waals surface area (Å²) in [7, 11) is 0. The highest BCUT2D eigenvalue weighted by molar-refractivity contribution is 5.31. The number of ether oxygens (including phenoxy) is 1. The van der Waals surface area contributed by atoms with Gasteiger partial charge < -0.3 is 4.74 Å². The summed E-state index contributed by atoms with van der Waals surface area (Å²) in [5.74, 6) is 0. The predicted molar refractivity (Wildman–Crippen MR) is 64.2 cm³/mol. The molecule has 3 rings (SSSR count). The highest BCUT2D eigenvalue weighted by Crippen LogP contribution is 2.50. The second kappa shape index (κ2) is 3.76. The van der Waals surface area contributed by atoms with E-state index >= 15 is 0 Å². The molecule has 0 radical (unpaired) electrons. The molecule has 1 saturated heterocycles. The van der Waals surface area contributed by atoms with Crippen molar-refractivity contribution in [2.45, 2.75) is 19.1 Å². The van der Waals surface area contributed by atoms with Crippen molar-refractivity contribution in [3.8, 4) is 0 Å². The summed E-state index contributed by atoms with van der Waals surface area (Å²) < 4.78 is 5.73. The van der Waals surface area contributed by atoms with E-state index in [1.54, 1.807) is 0 Å². The van der Waals surface area contributed by atoms with Gasteiger partial charge in [0.2, 0.25) is 0 Å². The maximum absolute atomic E-state index is 5.73. The van der Waals surface area contributed by atoms with Gasteiger partial charge in [0.1, 0.15) is 12.2 Å². The Kier molecular flexibility index (Phi) is 2.26. The van der Waals surface area contributed by atoms with Crippen molar-refractivity contribution in [2.75, 3.05) is 0 Å². The number of epoxide rings is 1. The summed E-state index contributed by atoms with van der Waals surface area (Å²) in [5.41, 5.74) is 3.84. The normalized spacial score (nSPS) is 23.1. The first-order valence-corrected chi connectivity index (χ1v) is 5.61. The van der Waals surface area contributed by atoms with Gasteiger partial charge in [-0.05, 0) is 18.1 Å². The van der Waals surface area contributed by atoms with E-state index in [0.717, 1.165) is 0 Å². The molecule has 80 valence electrons. The molecule has 2 atom stereocenters.